The predicted molar refractivity (Wildman–Crippen MR) is 118 cm³/mol. The van der Waals surface area contributed by atoms with Crippen LogP contribution in [0.3, 0.4) is 0 Å². The van der Waals surface area contributed by atoms with E-state index in [1.54, 1.807) is 23.5 Å². The maximum absolute atomic E-state index is 12.3. The highest BCUT2D eigenvalue weighted by molar-refractivity contribution is 9.10. The van der Waals surface area contributed by atoms with E-state index < -0.39 is 0 Å². The van der Waals surface area contributed by atoms with E-state index in [0.717, 1.165) is 14.6 Å². The molecule has 0 aliphatic heterocycles. The summed E-state index contributed by atoms with van der Waals surface area (Å²) in [4.78, 5) is 16.8. The SMILES string of the molecule is CCOc1cc(C=NNC(=O)C(C)Sc2nc3ccccc3s2)cc(Br)c1O. The highest BCUT2D eigenvalue weighted by Gasteiger charge is 2.16. The molecule has 0 spiro atoms. The maximum atomic E-state index is 12.3. The Labute approximate surface area is 179 Å². The van der Waals surface area contributed by atoms with Crippen LogP contribution >= 0.6 is 39.0 Å². The van der Waals surface area contributed by atoms with Crippen molar-refractivity contribution in [3.05, 3.63) is 46.4 Å². The minimum Gasteiger partial charge on any atom is -0.503 e. The standard InChI is InChI=1S/C19H18BrN3O3S2/c1-3-26-15-9-12(8-13(20)17(15)24)10-21-23-18(25)11(2)27-19-22-14-6-4-5-7-16(14)28-19/h4-11,24H,3H2,1-2H3,(H,23,25). The van der Waals surface area contributed by atoms with Gasteiger partial charge >= 0.3 is 0 Å². The second-order valence-corrected chi connectivity index (χ2v) is 9.20. The zero-order valence-electron chi connectivity index (χ0n) is 15.2. The molecule has 2 N–H and O–H groups in total. The van der Waals surface area contributed by atoms with Gasteiger partial charge in [0.1, 0.15) is 0 Å². The molecular weight excluding hydrogens is 462 g/mol. The lowest BCUT2D eigenvalue weighted by Crippen LogP contribution is -2.26. The fraction of sp³-hybridized carbons (Fsp3) is 0.211. The molecule has 0 bridgehead atoms. The Morgan fingerprint density at radius 1 is 1.46 bits per heavy atom. The molecule has 0 aliphatic rings. The molecule has 0 aliphatic carbocycles. The van der Waals surface area contributed by atoms with Crippen molar-refractivity contribution in [2.24, 2.45) is 5.10 Å². The average molecular weight is 480 g/mol. The monoisotopic (exact) mass is 479 g/mol. The van der Waals surface area contributed by atoms with Crippen LogP contribution in [-0.2, 0) is 4.79 Å². The number of ether oxygens (including phenoxy) is 1. The Morgan fingerprint density at radius 2 is 2.25 bits per heavy atom. The van der Waals surface area contributed by atoms with E-state index in [4.69, 9.17) is 4.74 Å². The summed E-state index contributed by atoms with van der Waals surface area (Å²) < 4.78 is 7.81. The summed E-state index contributed by atoms with van der Waals surface area (Å²) in [5.41, 5.74) is 4.15. The summed E-state index contributed by atoms with van der Waals surface area (Å²) in [5, 5.41) is 13.6. The normalized spacial score (nSPS) is 12.4. The first-order valence-electron chi connectivity index (χ1n) is 8.48. The number of rotatable bonds is 7. The van der Waals surface area contributed by atoms with E-state index in [-0.39, 0.29) is 16.9 Å². The Balaban J connectivity index is 1.61. The number of thiazole rings is 1. The number of thioether (sulfide) groups is 1. The lowest BCUT2D eigenvalue weighted by Gasteiger charge is -2.09. The van der Waals surface area contributed by atoms with E-state index >= 15 is 0 Å². The highest BCUT2D eigenvalue weighted by Crippen LogP contribution is 2.35. The minimum atomic E-state index is -0.344. The average Bonchev–Trinajstić information content (AvgIpc) is 3.08. The molecule has 0 saturated heterocycles. The summed E-state index contributed by atoms with van der Waals surface area (Å²) in [6.07, 6.45) is 1.50. The number of hydrogen-bond acceptors (Lipinski definition) is 7. The van der Waals surface area contributed by atoms with Gasteiger partial charge in [-0.15, -0.1) is 11.3 Å². The summed E-state index contributed by atoms with van der Waals surface area (Å²) in [6, 6.07) is 11.2. The zero-order valence-corrected chi connectivity index (χ0v) is 18.4. The van der Waals surface area contributed by atoms with Crippen molar-refractivity contribution >= 4 is 61.4 Å². The van der Waals surface area contributed by atoms with Crippen molar-refractivity contribution in [2.45, 2.75) is 23.4 Å². The number of amides is 1. The first-order chi connectivity index (χ1) is 13.5. The largest absolute Gasteiger partial charge is 0.503 e. The number of phenols is 1. The van der Waals surface area contributed by atoms with Gasteiger partial charge in [-0.2, -0.15) is 5.10 Å². The molecular formula is C19H18BrN3O3S2. The molecule has 28 heavy (non-hydrogen) atoms. The zero-order chi connectivity index (χ0) is 20.1. The summed E-state index contributed by atoms with van der Waals surface area (Å²) in [5.74, 6) is 0.164. The molecule has 3 rings (SSSR count). The third kappa shape index (κ3) is 5.03. The van der Waals surface area contributed by atoms with E-state index in [9.17, 15) is 9.90 Å². The van der Waals surface area contributed by atoms with Gasteiger partial charge in [-0.3, -0.25) is 4.79 Å². The fourth-order valence-corrected chi connectivity index (χ4v) is 4.97. The van der Waals surface area contributed by atoms with Crippen LogP contribution in [0.25, 0.3) is 10.2 Å². The van der Waals surface area contributed by atoms with Crippen LogP contribution in [0, 0.1) is 0 Å². The van der Waals surface area contributed by atoms with E-state index in [1.165, 1.54) is 18.0 Å². The number of fused-ring (bicyclic) bond motifs is 1. The number of aromatic nitrogens is 1. The number of aromatic hydroxyl groups is 1. The van der Waals surface area contributed by atoms with Crippen LogP contribution in [0.15, 0.2) is 50.3 Å². The van der Waals surface area contributed by atoms with Crippen LogP contribution in [-0.4, -0.2) is 34.1 Å². The summed E-state index contributed by atoms with van der Waals surface area (Å²) in [7, 11) is 0. The van der Waals surface area contributed by atoms with Crippen LogP contribution in [0.1, 0.15) is 19.4 Å². The first kappa shape index (κ1) is 20.6. The number of halogens is 1. The number of carbonyl (C=O) groups excluding carboxylic acids is 1. The Kier molecular flexibility index (Phi) is 6.93. The van der Waals surface area contributed by atoms with Gasteiger partial charge < -0.3 is 9.84 Å². The number of nitrogens with zero attached hydrogens (tertiary/aromatic N) is 2. The number of carbonyl (C=O) groups is 1. The van der Waals surface area contributed by atoms with Gasteiger partial charge in [-0.25, -0.2) is 10.4 Å². The molecule has 0 radical (unpaired) electrons. The fourth-order valence-electron chi connectivity index (χ4n) is 2.30. The predicted octanol–water partition coefficient (Wildman–Crippen LogP) is 4.79. The van der Waals surface area contributed by atoms with Gasteiger partial charge in [-0.05, 0) is 59.6 Å². The molecule has 1 heterocycles. The highest BCUT2D eigenvalue weighted by atomic mass is 79.9. The van der Waals surface area contributed by atoms with Gasteiger partial charge in [0, 0.05) is 0 Å². The minimum absolute atomic E-state index is 0.0314. The number of hydrazone groups is 1. The van der Waals surface area contributed by atoms with Gasteiger partial charge in [-0.1, -0.05) is 23.9 Å². The second-order valence-electron chi connectivity index (χ2n) is 5.72. The maximum Gasteiger partial charge on any atom is 0.253 e. The summed E-state index contributed by atoms with van der Waals surface area (Å²) >= 11 is 6.24. The number of phenolic OH excluding ortho intramolecular Hbond substituents is 1. The molecule has 146 valence electrons. The lowest BCUT2D eigenvalue weighted by molar-refractivity contribution is -0.120. The van der Waals surface area contributed by atoms with E-state index in [2.05, 4.69) is 31.4 Å². The molecule has 0 saturated carbocycles. The van der Waals surface area contributed by atoms with Gasteiger partial charge in [0.25, 0.3) is 5.91 Å². The molecule has 9 heteroatoms. The van der Waals surface area contributed by atoms with Crippen LogP contribution < -0.4 is 10.2 Å². The Bertz CT molecular complexity index is 990. The quantitative estimate of drug-likeness (QED) is 0.289. The third-order valence-electron chi connectivity index (χ3n) is 3.66. The molecule has 1 amide bonds. The number of hydrogen-bond donors (Lipinski definition) is 2. The molecule has 1 unspecified atom stereocenters. The summed E-state index contributed by atoms with van der Waals surface area (Å²) in [6.45, 7) is 4.07. The van der Waals surface area contributed by atoms with Crippen molar-refractivity contribution in [1.82, 2.24) is 10.4 Å². The van der Waals surface area contributed by atoms with Gasteiger partial charge in [0.2, 0.25) is 0 Å². The Hall–Kier alpha value is -2.10. The molecule has 1 aromatic heterocycles. The van der Waals surface area contributed by atoms with E-state index in [0.29, 0.717) is 22.4 Å². The second kappa shape index (κ2) is 9.40. The third-order valence-corrected chi connectivity index (χ3v) is 6.49. The molecule has 3 aromatic rings. The smallest absolute Gasteiger partial charge is 0.253 e. The Morgan fingerprint density at radius 3 is 3.00 bits per heavy atom. The van der Waals surface area contributed by atoms with Crippen LogP contribution in [0.2, 0.25) is 0 Å². The van der Waals surface area contributed by atoms with Crippen molar-refractivity contribution in [2.75, 3.05) is 6.61 Å². The van der Waals surface area contributed by atoms with Crippen LogP contribution in [0.4, 0.5) is 0 Å². The van der Waals surface area contributed by atoms with E-state index in [1.807, 2.05) is 38.1 Å². The van der Waals surface area contributed by atoms with Crippen molar-refractivity contribution in [3.63, 3.8) is 0 Å². The topological polar surface area (TPSA) is 83.8 Å². The van der Waals surface area contributed by atoms with Crippen molar-refractivity contribution in [3.8, 4) is 11.5 Å². The number of benzene rings is 2. The van der Waals surface area contributed by atoms with Crippen molar-refractivity contribution < 1.29 is 14.6 Å². The number of nitrogens with one attached hydrogen (secondary N) is 1. The lowest BCUT2D eigenvalue weighted by atomic mass is 10.2. The number of para-hydroxylation sites is 1. The van der Waals surface area contributed by atoms with Gasteiger partial charge in [0.05, 0.1) is 32.8 Å². The first-order valence-corrected chi connectivity index (χ1v) is 11.0. The molecule has 6 nitrogen and oxygen atoms in total. The van der Waals surface area contributed by atoms with Crippen LogP contribution in [0.5, 0.6) is 11.5 Å². The van der Waals surface area contributed by atoms with Gasteiger partial charge in [0.15, 0.2) is 15.8 Å². The molecule has 2 aromatic carbocycles. The molecule has 1 atom stereocenters. The molecule has 0 fully saturated rings. The van der Waals surface area contributed by atoms with Crippen molar-refractivity contribution in [1.29, 1.82) is 0 Å².